The molecule has 0 amide bonds. The summed E-state index contributed by atoms with van der Waals surface area (Å²) in [6.07, 6.45) is -1.63. The maximum absolute atomic E-state index is 11.4. The average molecular weight is 302 g/mol. The van der Waals surface area contributed by atoms with Gasteiger partial charge in [0.05, 0.1) is 0 Å². The summed E-state index contributed by atoms with van der Waals surface area (Å²) in [6.45, 7) is 10.6. The quantitative estimate of drug-likeness (QED) is 0.740. The van der Waals surface area contributed by atoms with Gasteiger partial charge in [-0.3, -0.25) is 9.59 Å². The van der Waals surface area contributed by atoms with Crippen molar-refractivity contribution in [3.8, 4) is 0 Å². The van der Waals surface area contributed by atoms with Gasteiger partial charge in [-0.05, 0) is 11.8 Å². The van der Waals surface area contributed by atoms with Crippen LogP contribution in [0.2, 0.25) is 0 Å². The van der Waals surface area contributed by atoms with Crippen molar-refractivity contribution in [1.29, 1.82) is 0 Å². The van der Waals surface area contributed by atoms with Crippen LogP contribution in [0.5, 0.6) is 0 Å². The van der Waals surface area contributed by atoms with E-state index in [1.54, 1.807) is 0 Å². The highest BCUT2D eigenvalue weighted by Crippen LogP contribution is 2.48. The largest absolute Gasteiger partial charge is 0.453 e. The lowest BCUT2D eigenvalue weighted by atomic mass is 9.71. The molecule has 0 radical (unpaired) electrons. The van der Waals surface area contributed by atoms with Gasteiger partial charge in [0.25, 0.3) is 0 Å². The van der Waals surface area contributed by atoms with E-state index in [2.05, 4.69) is 0 Å². The Labute approximate surface area is 126 Å². The molecule has 0 aliphatic carbocycles. The Kier molecular flexibility index (Phi) is 5.39. The molecule has 4 atom stereocenters. The van der Waals surface area contributed by atoms with E-state index in [9.17, 15) is 9.59 Å². The van der Waals surface area contributed by atoms with Crippen molar-refractivity contribution in [2.24, 2.45) is 5.41 Å². The first-order valence-corrected chi connectivity index (χ1v) is 7.14. The number of methoxy groups -OCH3 is 1. The van der Waals surface area contributed by atoms with Gasteiger partial charge < -0.3 is 18.9 Å². The summed E-state index contributed by atoms with van der Waals surface area (Å²) in [7, 11) is 1.54. The van der Waals surface area contributed by atoms with E-state index in [0.29, 0.717) is 6.42 Å². The Morgan fingerprint density at radius 1 is 1.14 bits per heavy atom. The van der Waals surface area contributed by atoms with Gasteiger partial charge in [0.2, 0.25) is 6.29 Å². The van der Waals surface area contributed by atoms with Crippen molar-refractivity contribution < 1.29 is 28.5 Å². The molecule has 0 spiro atoms. The molecule has 1 aliphatic rings. The van der Waals surface area contributed by atoms with Crippen LogP contribution in [0.25, 0.3) is 0 Å². The molecule has 1 saturated heterocycles. The fourth-order valence-corrected chi connectivity index (χ4v) is 3.06. The fraction of sp³-hybridized carbons (Fsp3) is 0.867. The Morgan fingerprint density at radius 2 is 1.67 bits per heavy atom. The maximum Gasteiger partial charge on any atom is 0.305 e. The molecule has 0 saturated carbocycles. The second kappa shape index (κ2) is 6.32. The Bertz CT molecular complexity index is 399. The summed E-state index contributed by atoms with van der Waals surface area (Å²) in [6, 6.07) is 0. The molecule has 122 valence electrons. The van der Waals surface area contributed by atoms with Gasteiger partial charge in [0, 0.05) is 21.0 Å². The van der Waals surface area contributed by atoms with E-state index in [1.807, 2.05) is 27.7 Å². The van der Waals surface area contributed by atoms with E-state index in [4.69, 9.17) is 18.9 Å². The Hall–Kier alpha value is -1.14. The normalized spacial score (nSPS) is 32.8. The molecule has 1 fully saturated rings. The molecule has 6 nitrogen and oxygen atoms in total. The van der Waals surface area contributed by atoms with Crippen LogP contribution in [0, 0.1) is 5.41 Å². The third-order valence-electron chi connectivity index (χ3n) is 3.99. The number of carbonyl (C=O) groups is 2. The van der Waals surface area contributed by atoms with Crippen LogP contribution in [0.3, 0.4) is 0 Å². The maximum atomic E-state index is 11.4. The lowest BCUT2D eigenvalue weighted by molar-refractivity contribution is -0.221. The molecule has 6 heteroatoms. The fourth-order valence-electron chi connectivity index (χ4n) is 3.06. The monoisotopic (exact) mass is 302 g/mol. The van der Waals surface area contributed by atoms with Crippen molar-refractivity contribution in [1.82, 2.24) is 0 Å². The molecule has 0 N–H and O–H groups in total. The number of rotatable bonds is 4. The number of carbonyl (C=O) groups excluding carboxylic acids is 2. The van der Waals surface area contributed by atoms with Crippen molar-refractivity contribution >= 4 is 11.9 Å². The molecule has 0 aromatic heterocycles. The molecule has 1 aliphatic heterocycles. The summed E-state index contributed by atoms with van der Waals surface area (Å²) >= 11 is 0. The third-order valence-corrected chi connectivity index (χ3v) is 3.99. The van der Waals surface area contributed by atoms with Crippen LogP contribution in [-0.2, 0) is 28.5 Å². The number of hydrogen-bond donors (Lipinski definition) is 0. The third kappa shape index (κ3) is 3.37. The van der Waals surface area contributed by atoms with Crippen LogP contribution >= 0.6 is 0 Å². The minimum atomic E-state index is -0.962. The van der Waals surface area contributed by atoms with Crippen molar-refractivity contribution in [2.45, 2.75) is 72.1 Å². The molecule has 1 heterocycles. The molecule has 21 heavy (non-hydrogen) atoms. The van der Waals surface area contributed by atoms with Gasteiger partial charge in [-0.15, -0.1) is 0 Å². The van der Waals surface area contributed by atoms with Crippen LogP contribution < -0.4 is 0 Å². The van der Waals surface area contributed by atoms with Gasteiger partial charge in [0.1, 0.15) is 11.7 Å². The lowest BCUT2D eigenvalue weighted by Crippen LogP contribution is -2.53. The van der Waals surface area contributed by atoms with Crippen LogP contribution in [0.1, 0.15) is 48.0 Å². The first kappa shape index (κ1) is 17.9. The second-order valence-corrected chi connectivity index (χ2v) is 6.32. The lowest BCUT2D eigenvalue weighted by Gasteiger charge is -2.43. The van der Waals surface area contributed by atoms with Gasteiger partial charge in [0.15, 0.2) is 6.10 Å². The van der Waals surface area contributed by atoms with E-state index < -0.39 is 36.0 Å². The molecule has 0 aromatic rings. The molecule has 1 unspecified atom stereocenters. The number of hydrogen-bond acceptors (Lipinski definition) is 6. The van der Waals surface area contributed by atoms with Gasteiger partial charge in [-0.25, -0.2) is 0 Å². The van der Waals surface area contributed by atoms with E-state index in [0.717, 1.165) is 0 Å². The predicted octanol–water partition coefficient (Wildman–Crippen LogP) is 2.05. The van der Waals surface area contributed by atoms with Crippen LogP contribution in [0.4, 0.5) is 0 Å². The molecule has 0 bridgehead atoms. The zero-order chi connectivity index (χ0) is 16.4. The topological polar surface area (TPSA) is 71.1 Å². The minimum absolute atomic E-state index is 0.296. The SMILES string of the molecule is CC[C@]1(C(C)(C)C)OC(OC(C)=O)[C@H](OC(C)=O)[C@@H]1OC. The zero-order valence-electron chi connectivity index (χ0n) is 13.9. The number of esters is 2. The van der Waals surface area contributed by atoms with E-state index >= 15 is 0 Å². The summed E-state index contributed by atoms with van der Waals surface area (Å²) in [4.78, 5) is 22.7. The van der Waals surface area contributed by atoms with E-state index in [-0.39, 0.29) is 5.41 Å². The standard InChI is InChI=1S/C15H26O6/c1-8-15(14(4,5)6)12(18-7)11(19-9(2)16)13(21-15)20-10(3)17/h11-13H,8H2,1-7H3/t11-,12+,13?,15+/m1/s1. The van der Waals surface area contributed by atoms with E-state index in [1.165, 1.54) is 21.0 Å². The first-order valence-electron chi connectivity index (χ1n) is 7.14. The summed E-state index contributed by atoms with van der Waals surface area (Å²) < 4.78 is 22.1. The van der Waals surface area contributed by atoms with Crippen LogP contribution in [-0.4, -0.2) is 43.1 Å². The van der Waals surface area contributed by atoms with Gasteiger partial charge >= 0.3 is 11.9 Å². The van der Waals surface area contributed by atoms with Gasteiger partial charge in [-0.2, -0.15) is 0 Å². The van der Waals surface area contributed by atoms with Crippen molar-refractivity contribution in [2.75, 3.05) is 7.11 Å². The van der Waals surface area contributed by atoms with Gasteiger partial charge in [-0.1, -0.05) is 27.7 Å². The zero-order valence-corrected chi connectivity index (χ0v) is 13.9. The summed E-state index contributed by atoms with van der Waals surface area (Å²) in [5.74, 6) is -0.962. The average Bonchev–Trinajstić information content (AvgIpc) is 2.61. The smallest absolute Gasteiger partial charge is 0.305 e. The molecule has 1 rings (SSSR count). The number of ether oxygens (including phenoxy) is 4. The Balaban J connectivity index is 3.23. The summed E-state index contributed by atoms with van der Waals surface area (Å²) in [5, 5.41) is 0. The second-order valence-electron chi connectivity index (χ2n) is 6.32. The molecule has 0 aromatic carbocycles. The van der Waals surface area contributed by atoms with Crippen LogP contribution in [0.15, 0.2) is 0 Å². The highest BCUT2D eigenvalue weighted by molar-refractivity contribution is 5.67. The van der Waals surface area contributed by atoms with Crippen molar-refractivity contribution in [3.63, 3.8) is 0 Å². The minimum Gasteiger partial charge on any atom is -0.453 e. The highest BCUT2D eigenvalue weighted by Gasteiger charge is 2.62. The first-order chi connectivity index (χ1) is 9.59. The van der Waals surface area contributed by atoms with Crippen molar-refractivity contribution in [3.05, 3.63) is 0 Å². The molecular formula is C15H26O6. The predicted molar refractivity (Wildman–Crippen MR) is 75.5 cm³/mol. The highest BCUT2D eigenvalue weighted by atomic mass is 16.7. The summed E-state index contributed by atoms with van der Waals surface area (Å²) in [5.41, 5.74) is -1.02. The Morgan fingerprint density at radius 3 is 2.00 bits per heavy atom. The molecular weight excluding hydrogens is 276 g/mol.